The Balaban J connectivity index is 2.20. The Hall–Kier alpha value is -0.910. The van der Waals surface area contributed by atoms with Crippen LogP contribution in [0, 0.1) is 0 Å². The molecule has 0 saturated carbocycles. The van der Waals surface area contributed by atoms with Crippen LogP contribution in [0.15, 0.2) is 6.20 Å². The molecule has 2 heterocycles. The van der Waals surface area contributed by atoms with Crippen molar-refractivity contribution in [2.45, 2.75) is 25.8 Å². The van der Waals surface area contributed by atoms with Gasteiger partial charge in [-0.15, -0.1) is 0 Å². The van der Waals surface area contributed by atoms with Crippen LogP contribution >= 0.6 is 0 Å². The van der Waals surface area contributed by atoms with E-state index in [1.54, 1.807) is 0 Å². The Labute approximate surface area is 109 Å². The average Bonchev–Trinajstić information content (AvgIpc) is 2.58. The summed E-state index contributed by atoms with van der Waals surface area (Å²) in [5.74, 6) is 0. The van der Waals surface area contributed by atoms with Crippen molar-refractivity contribution in [2.24, 2.45) is 7.05 Å². The van der Waals surface area contributed by atoms with Gasteiger partial charge in [-0.1, -0.05) is 6.92 Å². The molecular formula is C13H24N4O. The maximum Gasteiger partial charge on any atom is 0.0670 e. The number of aliphatic hydroxyl groups is 1. The largest absolute Gasteiger partial charge is 0.394 e. The molecule has 0 spiro atoms. The summed E-state index contributed by atoms with van der Waals surface area (Å²) in [7, 11) is 1.95. The number of nitrogens with zero attached hydrogens (tertiary/aromatic N) is 3. The third-order valence-corrected chi connectivity index (χ3v) is 3.62. The van der Waals surface area contributed by atoms with E-state index >= 15 is 0 Å². The van der Waals surface area contributed by atoms with Crippen molar-refractivity contribution in [1.82, 2.24) is 20.0 Å². The highest BCUT2D eigenvalue weighted by Crippen LogP contribution is 2.24. The molecule has 0 aromatic carbocycles. The van der Waals surface area contributed by atoms with E-state index in [0.717, 1.165) is 44.7 Å². The molecule has 1 atom stereocenters. The molecule has 1 aromatic heterocycles. The lowest BCUT2D eigenvalue weighted by atomic mass is 10.1. The molecule has 0 bridgehead atoms. The highest BCUT2D eigenvalue weighted by molar-refractivity contribution is 5.22. The minimum Gasteiger partial charge on any atom is -0.394 e. The minimum absolute atomic E-state index is 0.0912. The molecule has 1 aliphatic heterocycles. The zero-order valence-electron chi connectivity index (χ0n) is 11.4. The van der Waals surface area contributed by atoms with Crippen molar-refractivity contribution < 1.29 is 5.11 Å². The van der Waals surface area contributed by atoms with Crippen LogP contribution in [0.4, 0.5) is 0 Å². The van der Waals surface area contributed by atoms with Crippen molar-refractivity contribution in [3.8, 4) is 0 Å². The van der Waals surface area contributed by atoms with Gasteiger partial charge in [0.15, 0.2) is 0 Å². The van der Waals surface area contributed by atoms with Gasteiger partial charge in [0.2, 0.25) is 0 Å². The number of aromatic nitrogens is 2. The normalized spacial score (nSPS) is 19.7. The predicted molar refractivity (Wildman–Crippen MR) is 71.5 cm³/mol. The Morgan fingerprint density at radius 1 is 1.44 bits per heavy atom. The molecule has 102 valence electrons. The van der Waals surface area contributed by atoms with Crippen LogP contribution in [-0.2, 0) is 13.5 Å². The van der Waals surface area contributed by atoms with E-state index in [-0.39, 0.29) is 12.6 Å². The second-order valence-electron chi connectivity index (χ2n) is 4.90. The number of hydrogen-bond donors (Lipinski definition) is 2. The number of aliphatic hydroxyl groups excluding tert-OH is 1. The third kappa shape index (κ3) is 2.91. The van der Waals surface area contributed by atoms with Gasteiger partial charge in [-0.2, -0.15) is 5.10 Å². The van der Waals surface area contributed by atoms with Crippen LogP contribution in [0.25, 0.3) is 0 Å². The molecule has 5 heteroatoms. The minimum atomic E-state index is 0.0912. The molecule has 2 N–H and O–H groups in total. The summed E-state index contributed by atoms with van der Waals surface area (Å²) < 4.78 is 1.85. The highest BCUT2D eigenvalue weighted by atomic mass is 16.3. The van der Waals surface area contributed by atoms with Crippen molar-refractivity contribution >= 4 is 0 Å². The summed E-state index contributed by atoms with van der Waals surface area (Å²) in [4.78, 5) is 2.37. The van der Waals surface area contributed by atoms with Gasteiger partial charge in [0.25, 0.3) is 0 Å². The molecule has 1 unspecified atom stereocenters. The first-order chi connectivity index (χ1) is 8.76. The fraction of sp³-hybridized carbons (Fsp3) is 0.769. The van der Waals surface area contributed by atoms with E-state index < -0.39 is 0 Å². The second-order valence-corrected chi connectivity index (χ2v) is 4.90. The van der Waals surface area contributed by atoms with Gasteiger partial charge in [-0.05, 0) is 19.4 Å². The molecule has 1 saturated heterocycles. The zero-order valence-corrected chi connectivity index (χ0v) is 11.4. The van der Waals surface area contributed by atoms with Gasteiger partial charge < -0.3 is 10.4 Å². The average molecular weight is 252 g/mol. The molecule has 1 aromatic rings. The first kappa shape index (κ1) is 13.5. The molecule has 18 heavy (non-hydrogen) atoms. The fourth-order valence-electron chi connectivity index (χ4n) is 2.69. The molecule has 1 aliphatic rings. The quantitative estimate of drug-likeness (QED) is 0.810. The second kappa shape index (κ2) is 6.31. The van der Waals surface area contributed by atoms with Crippen molar-refractivity contribution in [1.29, 1.82) is 0 Å². The fourth-order valence-corrected chi connectivity index (χ4v) is 2.69. The number of hydrogen-bond acceptors (Lipinski definition) is 4. The van der Waals surface area contributed by atoms with Crippen molar-refractivity contribution in [3.63, 3.8) is 0 Å². The molecule has 0 radical (unpaired) electrons. The molecule has 0 amide bonds. The number of rotatable bonds is 4. The standard InChI is InChI=1S/C13H24N4O/c1-3-12-11(9-16(2)15-12)13(10-18)17-7-4-5-14-6-8-17/h9,13-14,18H,3-8,10H2,1-2H3. The Morgan fingerprint density at radius 2 is 2.28 bits per heavy atom. The highest BCUT2D eigenvalue weighted by Gasteiger charge is 2.24. The van der Waals surface area contributed by atoms with Crippen LogP contribution in [-0.4, -0.2) is 52.6 Å². The van der Waals surface area contributed by atoms with Gasteiger partial charge in [-0.25, -0.2) is 0 Å². The molecule has 5 nitrogen and oxygen atoms in total. The topological polar surface area (TPSA) is 53.3 Å². The SMILES string of the molecule is CCc1nn(C)cc1C(CO)N1CCCNCC1. The van der Waals surface area contributed by atoms with Gasteiger partial charge in [0.05, 0.1) is 18.3 Å². The van der Waals surface area contributed by atoms with Crippen molar-refractivity contribution in [2.75, 3.05) is 32.8 Å². The monoisotopic (exact) mass is 252 g/mol. The maximum atomic E-state index is 9.75. The summed E-state index contributed by atoms with van der Waals surface area (Å²) in [5.41, 5.74) is 2.29. The number of nitrogens with one attached hydrogen (secondary N) is 1. The van der Waals surface area contributed by atoms with Gasteiger partial charge >= 0.3 is 0 Å². The van der Waals surface area contributed by atoms with E-state index in [0.29, 0.717) is 0 Å². The summed E-state index contributed by atoms with van der Waals surface area (Å²) in [6, 6.07) is 0.0912. The summed E-state index contributed by atoms with van der Waals surface area (Å²) in [5, 5.41) is 17.6. The lowest BCUT2D eigenvalue weighted by molar-refractivity contribution is 0.129. The van der Waals surface area contributed by atoms with Gasteiger partial charge in [0, 0.05) is 38.4 Å². The van der Waals surface area contributed by atoms with E-state index in [9.17, 15) is 5.11 Å². The first-order valence-electron chi connectivity index (χ1n) is 6.84. The summed E-state index contributed by atoms with van der Waals surface area (Å²) in [6.45, 7) is 6.38. The van der Waals surface area contributed by atoms with Crippen LogP contribution < -0.4 is 5.32 Å². The van der Waals surface area contributed by atoms with E-state index in [2.05, 4.69) is 28.4 Å². The third-order valence-electron chi connectivity index (χ3n) is 3.62. The van der Waals surface area contributed by atoms with Gasteiger partial charge in [-0.3, -0.25) is 9.58 Å². The van der Waals surface area contributed by atoms with E-state index in [4.69, 9.17) is 0 Å². The smallest absolute Gasteiger partial charge is 0.0670 e. The van der Waals surface area contributed by atoms with Crippen molar-refractivity contribution in [3.05, 3.63) is 17.5 Å². The number of aryl methyl sites for hydroxylation is 2. The molecule has 1 fully saturated rings. The lowest BCUT2D eigenvalue weighted by Crippen LogP contribution is -2.34. The maximum absolute atomic E-state index is 9.75. The summed E-state index contributed by atoms with van der Waals surface area (Å²) in [6.07, 6.45) is 4.11. The predicted octanol–water partition coefficient (Wildman–Crippen LogP) is 0.311. The zero-order chi connectivity index (χ0) is 13.0. The molecule has 0 aliphatic carbocycles. The Kier molecular flexibility index (Phi) is 4.74. The van der Waals surface area contributed by atoms with E-state index in [1.807, 2.05) is 11.7 Å². The van der Waals surface area contributed by atoms with Gasteiger partial charge in [0.1, 0.15) is 0 Å². The van der Waals surface area contributed by atoms with Crippen LogP contribution in [0.2, 0.25) is 0 Å². The Bertz CT molecular complexity index is 369. The molecular weight excluding hydrogens is 228 g/mol. The molecule has 2 rings (SSSR count). The first-order valence-corrected chi connectivity index (χ1v) is 6.84. The Morgan fingerprint density at radius 3 is 3.00 bits per heavy atom. The van der Waals surface area contributed by atoms with Crippen LogP contribution in [0.5, 0.6) is 0 Å². The van der Waals surface area contributed by atoms with Crippen LogP contribution in [0.3, 0.4) is 0 Å². The summed E-state index contributed by atoms with van der Waals surface area (Å²) >= 11 is 0. The van der Waals surface area contributed by atoms with Crippen LogP contribution in [0.1, 0.15) is 30.6 Å². The van der Waals surface area contributed by atoms with E-state index in [1.165, 1.54) is 5.56 Å². The lowest BCUT2D eigenvalue weighted by Gasteiger charge is -2.28.